The summed E-state index contributed by atoms with van der Waals surface area (Å²) in [6, 6.07) is 7.00. The monoisotopic (exact) mass is 560 g/mol. The molecular formula is C28H32N8O5. The van der Waals surface area contributed by atoms with Crippen LogP contribution in [0.5, 0.6) is 5.75 Å². The molecule has 2 aromatic heterocycles. The quantitative estimate of drug-likeness (QED) is 0.288. The second-order valence-corrected chi connectivity index (χ2v) is 11.1. The number of carboxylic acids is 1. The summed E-state index contributed by atoms with van der Waals surface area (Å²) in [6.45, 7) is 2.07. The summed E-state index contributed by atoms with van der Waals surface area (Å²) in [6.07, 6.45) is 6.85. The van der Waals surface area contributed by atoms with Gasteiger partial charge in [0.05, 0.1) is 29.1 Å². The Balaban J connectivity index is 1.37. The molecule has 13 nitrogen and oxygen atoms in total. The van der Waals surface area contributed by atoms with Crippen molar-refractivity contribution in [2.45, 2.75) is 37.1 Å². The molecule has 0 radical (unpaired) electrons. The molecule has 3 aliphatic rings. The van der Waals surface area contributed by atoms with Crippen LogP contribution in [0, 0.1) is 10.1 Å². The lowest BCUT2D eigenvalue weighted by atomic mass is 10.1. The number of nitro groups is 1. The number of nitro benzene ring substituents is 1. The highest BCUT2D eigenvalue weighted by Crippen LogP contribution is 2.57. The second kappa shape index (κ2) is 10.1. The third-order valence-electron chi connectivity index (χ3n) is 8.15. The Morgan fingerprint density at radius 3 is 2.78 bits per heavy atom. The third kappa shape index (κ3) is 4.75. The van der Waals surface area contributed by atoms with Crippen LogP contribution < -0.4 is 19.9 Å². The van der Waals surface area contributed by atoms with Gasteiger partial charge in [0.25, 0.3) is 5.69 Å². The van der Waals surface area contributed by atoms with Crippen molar-refractivity contribution in [3.8, 4) is 5.75 Å². The SMILES string of the molecule is COc1cc(N2CCC[C@@H]2CN(C)C)c([N+](=O)[O-])cc1Nc1ncc(C(=O)O)c(N2CC3(CC3)c3ncccc32)n1. The summed E-state index contributed by atoms with van der Waals surface area (Å²) >= 11 is 0. The minimum absolute atomic E-state index is 0.0442. The number of likely N-dealkylation sites (N-methyl/N-ethyl adjacent to an activating group) is 1. The maximum atomic E-state index is 12.2. The van der Waals surface area contributed by atoms with E-state index in [0.717, 1.165) is 43.6 Å². The van der Waals surface area contributed by atoms with Crippen LogP contribution in [0.25, 0.3) is 0 Å². The normalized spacial score (nSPS) is 18.6. The Kier molecular flexibility index (Phi) is 6.60. The largest absolute Gasteiger partial charge is 0.494 e. The molecule has 2 fully saturated rings. The summed E-state index contributed by atoms with van der Waals surface area (Å²) in [7, 11) is 5.48. The van der Waals surface area contributed by atoms with E-state index in [0.29, 0.717) is 30.2 Å². The summed E-state index contributed by atoms with van der Waals surface area (Å²) in [5, 5.41) is 25.2. The predicted octanol–water partition coefficient (Wildman–Crippen LogP) is 3.94. The Morgan fingerprint density at radius 1 is 1.29 bits per heavy atom. The number of aromatic carboxylic acids is 1. The van der Waals surface area contributed by atoms with Gasteiger partial charge in [-0.05, 0) is 51.9 Å². The minimum Gasteiger partial charge on any atom is -0.494 e. The smallest absolute Gasteiger partial charge is 0.341 e. The molecular weight excluding hydrogens is 528 g/mol. The molecule has 0 amide bonds. The van der Waals surface area contributed by atoms with Crippen LogP contribution in [0.3, 0.4) is 0 Å². The van der Waals surface area contributed by atoms with E-state index >= 15 is 0 Å². The lowest BCUT2D eigenvalue weighted by Gasteiger charge is -2.29. The highest BCUT2D eigenvalue weighted by Gasteiger charge is 2.54. The van der Waals surface area contributed by atoms with E-state index in [9.17, 15) is 20.0 Å². The first-order chi connectivity index (χ1) is 19.7. The molecule has 1 saturated heterocycles. The van der Waals surface area contributed by atoms with E-state index in [1.54, 1.807) is 12.3 Å². The average molecular weight is 561 g/mol. The number of aromatic nitrogens is 3. The number of carboxylic acid groups (broad SMARTS) is 1. The number of carbonyl (C=O) groups is 1. The molecule has 1 saturated carbocycles. The molecule has 13 heteroatoms. The molecule has 6 rings (SSSR count). The van der Waals surface area contributed by atoms with Gasteiger partial charge in [-0.2, -0.15) is 4.98 Å². The van der Waals surface area contributed by atoms with Gasteiger partial charge in [0, 0.05) is 55.6 Å². The highest BCUT2D eigenvalue weighted by atomic mass is 16.6. The summed E-state index contributed by atoms with van der Waals surface area (Å²) < 4.78 is 5.65. The maximum absolute atomic E-state index is 12.2. The molecule has 1 atom stereocenters. The van der Waals surface area contributed by atoms with Crippen molar-refractivity contribution >= 4 is 40.5 Å². The number of methoxy groups -OCH3 is 1. The third-order valence-corrected chi connectivity index (χ3v) is 8.15. The zero-order valence-corrected chi connectivity index (χ0v) is 23.2. The van der Waals surface area contributed by atoms with Gasteiger partial charge >= 0.3 is 5.97 Å². The van der Waals surface area contributed by atoms with Crippen molar-refractivity contribution in [2.75, 3.05) is 56.0 Å². The van der Waals surface area contributed by atoms with Crippen LogP contribution in [0.1, 0.15) is 41.7 Å². The van der Waals surface area contributed by atoms with Gasteiger partial charge in [-0.15, -0.1) is 0 Å². The number of rotatable bonds is 9. The van der Waals surface area contributed by atoms with Crippen LogP contribution >= 0.6 is 0 Å². The van der Waals surface area contributed by atoms with Gasteiger partial charge in [-0.1, -0.05) is 0 Å². The van der Waals surface area contributed by atoms with Crippen LogP contribution in [-0.2, 0) is 5.41 Å². The van der Waals surface area contributed by atoms with Crippen molar-refractivity contribution < 1.29 is 19.6 Å². The van der Waals surface area contributed by atoms with Gasteiger partial charge < -0.3 is 29.9 Å². The molecule has 2 N–H and O–H groups in total. The molecule has 41 heavy (non-hydrogen) atoms. The van der Waals surface area contributed by atoms with Gasteiger partial charge in [-0.3, -0.25) is 15.1 Å². The molecule has 1 spiro atoms. The van der Waals surface area contributed by atoms with E-state index in [1.807, 2.05) is 31.1 Å². The zero-order chi connectivity index (χ0) is 28.9. The van der Waals surface area contributed by atoms with Gasteiger partial charge in [0.1, 0.15) is 17.0 Å². The van der Waals surface area contributed by atoms with Crippen LogP contribution in [-0.4, -0.2) is 82.7 Å². The molecule has 4 heterocycles. The fraction of sp³-hybridized carbons (Fsp3) is 0.429. The van der Waals surface area contributed by atoms with Crippen LogP contribution in [0.15, 0.2) is 36.7 Å². The second-order valence-electron chi connectivity index (χ2n) is 11.1. The molecule has 0 unspecified atom stereocenters. The highest BCUT2D eigenvalue weighted by molar-refractivity contribution is 5.95. The Labute approximate surface area is 236 Å². The standard InChI is InChI=1S/C28H32N8O5/c1-33(2)15-17-6-5-11-34(17)21-13-23(41-3)19(12-22(21)36(39)40)31-27-30-14-18(26(37)38)25(32-27)35-16-28(8-9-28)24-20(35)7-4-10-29-24/h4,7,10,12-14,17H,5-6,8-9,11,15-16H2,1-3H3,(H,37,38)(H,30,31,32)/t17-/m1/s1. The number of ether oxygens (including phenoxy) is 1. The number of hydrogen-bond acceptors (Lipinski definition) is 11. The van der Waals surface area contributed by atoms with Gasteiger partial charge in [0.2, 0.25) is 5.95 Å². The van der Waals surface area contributed by atoms with E-state index in [2.05, 4.69) is 30.1 Å². The Hall–Kier alpha value is -4.52. The van der Waals surface area contributed by atoms with Crippen LogP contribution in [0.4, 0.5) is 34.5 Å². The fourth-order valence-corrected chi connectivity index (χ4v) is 6.10. The number of nitrogens with one attached hydrogen (secondary N) is 1. The fourth-order valence-electron chi connectivity index (χ4n) is 6.10. The molecule has 1 aromatic carbocycles. The van der Waals surface area contributed by atoms with E-state index in [-0.39, 0.29) is 34.5 Å². The lowest BCUT2D eigenvalue weighted by Crippen LogP contribution is -2.37. The molecule has 1 aliphatic carbocycles. The zero-order valence-electron chi connectivity index (χ0n) is 23.2. The molecule has 2 aliphatic heterocycles. The van der Waals surface area contributed by atoms with E-state index in [1.165, 1.54) is 19.4 Å². The number of pyridine rings is 1. The van der Waals surface area contributed by atoms with Crippen molar-refractivity contribution in [1.82, 2.24) is 19.9 Å². The van der Waals surface area contributed by atoms with Crippen LogP contribution in [0.2, 0.25) is 0 Å². The van der Waals surface area contributed by atoms with Gasteiger partial charge in [-0.25, -0.2) is 9.78 Å². The summed E-state index contributed by atoms with van der Waals surface area (Å²) in [4.78, 5) is 43.5. The van der Waals surface area contributed by atoms with Gasteiger partial charge in [0.15, 0.2) is 5.82 Å². The first-order valence-electron chi connectivity index (χ1n) is 13.6. The average Bonchev–Trinajstić information content (AvgIpc) is 3.47. The molecule has 0 bridgehead atoms. The van der Waals surface area contributed by atoms with Crippen molar-refractivity contribution in [2.24, 2.45) is 0 Å². The van der Waals surface area contributed by atoms with Crippen molar-refractivity contribution in [1.29, 1.82) is 0 Å². The number of fused-ring (bicyclic) bond motifs is 2. The van der Waals surface area contributed by atoms with Crippen molar-refractivity contribution in [3.63, 3.8) is 0 Å². The maximum Gasteiger partial charge on any atom is 0.341 e. The molecule has 214 valence electrons. The number of nitrogens with zero attached hydrogens (tertiary/aromatic N) is 7. The Bertz CT molecular complexity index is 1530. The predicted molar refractivity (Wildman–Crippen MR) is 153 cm³/mol. The minimum atomic E-state index is -1.15. The summed E-state index contributed by atoms with van der Waals surface area (Å²) in [5.41, 5.74) is 2.39. The van der Waals surface area contributed by atoms with E-state index < -0.39 is 10.9 Å². The number of hydrogen-bond donors (Lipinski definition) is 2. The number of anilines is 5. The Morgan fingerprint density at radius 2 is 2.10 bits per heavy atom. The first-order valence-corrected chi connectivity index (χ1v) is 13.6. The topological polar surface area (TPSA) is 150 Å². The molecule has 3 aromatic rings. The number of benzene rings is 1. The summed E-state index contributed by atoms with van der Waals surface area (Å²) in [5.74, 6) is -0.425. The first kappa shape index (κ1) is 26.7. The lowest BCUT2D eigenvalue weighted by molar-refractivity contribution is -0.384. The van der Waals surface area contributed by atoms with Crippen molar-refractivity contribution in [3.05, 3.63) is 58.0 Å². The van der Waals surface area contributed by atoms with E-state index in [4.69, 9.17) is 4.74 Å².